The largest absolute Gasteiger partial charge is 0.480 e. The van der Waals surface area contributed by atoms with E-state index in [9.17, 15) is 4.79 Å². The van der Waals surface area contributed by atoms with Crippen molar-refractivity contribution in [2.45, 2.75) is 12.5 Å². The van der Waals surface area contributed by atoms with E-state index >= 15 is 0 Å². The standard InChI is InChI=1S/C12H12ClN3O2/c13-8-3-5-16-11(10-2-1-4-15-10)7(8)6-9(14)12(17)18/h1-5,9,15H,6,14H2,(H,17,18). The molecule has 2 aromatic heterocycles. The van der Waals surface area contributed by atoms with Crippen LogP contribution in [-0.2, 0) is 11.2 Å². The lowest BCUT2D eigenvalue weighted by Crippen LogP contribution is -2.32. The van der Waals surface area contributed by atoms with Gasteiger partial charge in [0.2, 0.25) is 0 Å². The van der Waals surface area contributed by atoms with Gasteiger partial charge in [-0.2, -0.15) is 0 Å². The number of aromatic nitrogens is 2. The molecule has 2 aromatic rings. The molecular formula is C12H12ClN3O2. The van der Waals surface area contributed by atoms with Crippen molar-refractivity contribution in [2.24, 2.45) is 5.73 Å². The number of hydrogen-bond acceptors (Lipinski definition) is 3. The lowest BCUT2D eigenvalue weighted by Gasteiger charge is -2.12. The predicted molar refractivity (Wildman–Crippen MR) is 68.3 cm³/mol. The number of carboxylic acid groups (broad SMARTS) is 1. The smallest absolute Gasteiger partial charge is 0.320 e. The lowest BCUT2D eigenvalue weighted by molar-refractivity contribution is -0.138. The van der Waals surface area contributed by atoms with E-state index in [0.717, 1.165) is 5.69 Å². The Balaban J connectivity index is 2.42. The van der Waals surface area contributed by atoms with Crippen LogP contribution >= 0.6 is 11.6 Å². The highest BCUT2D eigenvalue weighted by Crippen LogP contribution is 2.26. The molecule has 0 saturated heterocycles. The average Bonchev–Trinajstić information content (AvgIpc) is 2.85. The van der Waals surface area contributed by atoms with E-state index in [1.807, 2.05) is 12.1 Å². The monoisotopic (exact) mass is 265 g/mol. The minimum Gasteiger partial charge on any atom is -0.480 e. The molecule has 94 valence electrons. The SMILES string of the molecule is NC(Cc1c(Cl)ccnc1-c1ccc[nH]1)C(=O)O. The summed E-state index contributed by atoms with van der Waals surface area (Å²) >= 11 is 6.09. The highest BCUT2D eigenvalue weighted by atomic mass is 35.5. The Kier molecular flexibility index (Phi) is 3.64. The molecule has 0 aliphatic heterocycles. The third-order valence-electron chi connectivity index (χ3n) is 2.59. The van der Waals surface area contributed by atoms with Gasteiger partial charge in [0.15, 0.2) is 0 Å². The molecule has 4 N–H and O–H groups in total. The predicted octanol–water partition coefficient (Wildman–Crippen LogP) is 1.68. The van der Waals surface area contributed by atoms with E-state index in [1.54, 1.807) is 18.5 Å². The van der Waals surface area contributed by atoms with Gasteiger partial charge in [-0.25, -0.2) is 0 Å². The van der Waals surface area contributed by atoms with E-state index in [4.69, 9.17) is 22.4 Å². The second-order valence-corrected chi connectivity index (χ2v) is 4.26. The van der Waals surface area contributed by atoms with Crippen LogP contribution in [0.3, 0.4) is 0 Å². The number of halogens is 1. The van der Waals surface area contributed by atoms with Gasteiger partial charge in [0.25, 0.3) is 0 Å². The van der Waals surface area contributed by atoms with Crippen LogP contribution in [0.1, 0.15) is 5.56 Å². The summed E-state index contributed by atoms with van der Waals surface area (Å²) in [6.45, 7) is 0. The van der Waals surface area contributed by atoms with Gasteiger partial charge >= 0.3 is 5.97 Å². The number of nitrogens with zero attached hydrogens (tertiary/aromatic N) is 1. The summed E-state index contributed by atoms with van der Waals surface area (Å²) in [6.07, 6.45) is 3.48. The van der Waals surface area contributed by atoms with E-state index in [0.29, 0.717) is 16.3 Å². The fourth-order valence-corrected chi connectivity index (χ4v) is 1.90. The quantitative estimate of drug-likeness (QED) is 0.784. The Morgan fingerprint density at radius 2 is 2.33 bits per heavy atom. The van der Waals surface area contributed by atoms with Gasteiger partial charge in [-0.1, -0.05) is 11.6 Å². The molecule has 18 heavy (non-hydrogen) atoms. The van der Waals surface area contributed by atoms with Crippen LogP contribution in [0.2, 0.25) is 5.02 Å². The average molecular weight is 266 g/mol. The Hall–Kier alpha value is -1.85. The van der Waals surface area contributed by atoms with Gasteiger partial charge < -0.3 is 15.8 Å². The zero-order chi connectivity index (χ0) is 13.1. The first kappa shape index (κ1) is 12.6. The number of H-pyrrole nitrogens is 1. The highest BCUT2D eigenvalue weighted by molar-refractivity contribution is 6.31. The van der Waals surface area contributed by atoms with E-state index in [-0.39, 0.29) is 6.42 Å². The Labute approximate surface area is 109 Å². The number of pyridine rings is 1. The number of aliphatic carboxylic acids is 1. The molecule has 0 aliphatic rings. The lowest BCUT2D eigenvalue weighted by atomic mass is 10.0. The Morgan fingerprint density at radius 1 is 1.56 bits per heavy atom. The Morgan fingerprint density at radius 3 is 2.94 bits per heavy atom. The third-order valence-corrected chi connectivity index (χ3v) is 2.95. The number of aromatic amines is 1. The number of carbonyl (C=O) groups is 1. The maximum absolute atomic E-state index is 10.8. The van der Waals surface area contributed by atoms with E-state index < -0.39 is 12.0 Å². The number of nitrogens with one attached hydrogen (secondary N) is 1. The summed E-state index contributed by atoms with van der Waals surface area (Å²) in [6, 6.07) is 4.30. The maximum Gasteiger partial charge on any atom is 0.320 e. The van der Waals surface area contributed by atoms with Crippen LogP contribution in [0.25, 0.3) is 11.4 Å². The van der Waals surface area contributed by atoms with Crippen LogP contribution in [0.4, 0.5) is 0 Å². The van der Waals surface area contributed by atoms with Gasteiger partial charge in [0.1, 0.15) is 6.04 Å². The normalized spacial score (nSPS) is 12.3. The molecular weight excluding hydrogens is 254 g/mol. The zero-order valence-corrected chi connectivity index (χ0v) is 10.2. The van der Waals surface area contributed by atoms with Gasteiger partial charge in [-0.05, 0) is 18.2 Å². The summed E-state index contributed by atoms with van der Waals surface area (Å²) in [5.41, 5.74) is 7.59. The first-order valence-corrected chi connectivity index (χ1v) is 5.73. The van der Waals surface area contributed by atoms with Gasteiger partial charge in [-0.3, -0.25) is 9.78 Å². The summed E-state index contributed by atoms with van der Waals surface area (Å²) in [5.74, 6) is -1.06. The first-order chi connectivity index (χ1) is 8.59. The minimum absolute atomic E-state index is 0.135. The van der Waals surface area contributed by atoms with Crippen molar-refractivity contribution in [3.05, 3.63) is 41.2 Å². The van der Waals surface area contributed by atoms with Crippen LogP contribution in [-0.4, -0.2) is 27.1 Å². The number of carboxylic acids is 1. The van der Waals surface area contributed by atoms with Crippen molar-refractivity contribution < 1.29 is 9.90 Å². The molecule has 0 spiro atoms. The Bertz CT molecular complexity index is 554. The first-order valence-electron chi connectivity index (χ1n) is 5.35. The van der Waals surface area contributed by atoms with Crippen molar-refractivity contribution >= 4 is 17.6 Å². The third kappa shape index (κ3) is 2.52. The molecule has 0 aliphatic carbocycles. The van der Waals surface area contributed by atoms with Crippen LogP contribution in [0, 0.1) is 0 Å². The number of hydrogen-bond donors (Lipinski definition) is 3. The molecule has 0 radical (unpaired) electrons. The molecule has 2 rings (SSSR count). The van der Waals surface area contributed by atoms with Crippen LogP contribution in [0.5, 0.6) is 0 Å². The second-order valence-electron chi connectivity index (χ2n) is 3.85. The van der Waals surface area contributed by atoms with Crippen molar-refractivity contribution in [3.8, 4) is 11.4 Å². The molecule has 0 bridgehead atoms. The molecule has 0 aromatic carbocycles. The molecule has 0 saturated carbocycles. The van der Waals surface area contributed by atoms with Crippen LogP contribution in [0.15, 0.2) is 30.6 Å². The van der Waals surface area contributed by atoms with Gasteiger partial charge in [0.05, 0.1) is 11.4 Å². The van der Waals surface area contributed by atoms with Crippen molar-refractivity contribution in [1.29, 1.82) is 0 Å². The minimum atomic E-state index is -1.06. The van der Waals surface area contributed by atoms with E-state index in [2.05, 4.69) is 9.97 Å². The fourth-order valence-electron chi connectivity index (χ4n) is 1.68. The summed E-state index contributed by atoms with van der Waals surface area (Å²) in [5, 5.41) is 9.32. The fraction of sp³-hybridized carbons (Fsp3) is 0.167. The van der Waals surface area contributed by atoms with Crippen molar-refractivity contribution in [3.63, 3.8) is 0 Å². The molecule has 1 atom stereocenters. The zero-order valence-electron chi connectivity index (χ0n) is 9.43. The number of nitrogens with two attached hydrogens (primary N) is 1. The maximum atomic E-state index is 10.8. The molecule has 0 fully saturated rings. The van der Waals surface area contributed by atoms with E-state index in [1.165, 1.54) is 0 Å². The second kappa shape index (κ2) is 5.20. The summed E-state index contributed by atoms with van der Waals surface area (Å²) in [4.78, 5) is 18.1. The molecule has 2 heterocycles. The van der Waals surface area contributed by atoms with Gasteiger partial charge in [-0.15, -0.1) is 0 Å². The molecule has 0 amide bonds. The molecule has 5 nitrogen and oxygen atoms in total. The topological polar surface area (TPSA) is 92.0 Å². The van der Waals surface area contributed by atoms with Crippen molar-refractivity contribution in [1.82, 2.24) is 9.97 Å². The van der Waals surface area contributed by atoms with Crippen LogP contribution < -0.4 is 5.73 Å². The summed E-state index contributed by atoms with van der Waals surface area (Å²) < 4.78 is 0. The van der Waals surface area contributed by atoms with Gasteiger partial charge in [0, 0.05) is 29.4 Å². The summed E-state index contributed by atoms with van der Waals surface area (Å²) in [7, 11) is 0. The number of rotatable bonds is 4. The molecule has 1 unspecified atom stereocenters. The molecule has 6 heteroatoms. The van der Waals surface area contributed by atoms with Crippen molar-refractivity contribution in [2.75, 3.05) is 0 Å². The highest BCUT2D eigenvalue weighted by Gasteiger charge is 2.18.